The molecule has 2 amide bonds. The van der Waals surface area contributed by atoms with E-state index in [2.05, 4.69) is 5.32 Å². The van der Waals surface area contributed by atoms with E-state index in [4.69, 9.17) is 27.9 Å². The van der Waals surface area contributed by atoms with Crippen LogP contribution in [0, 0.1) is 12.8 Å². The molecule has 0 unspecified atom stereocenters. The first-order valence-electron chi connectivity index (χ1n) is 12.0. The molecule has 7 heteroatoms. The van der Waals surface area contributed by atoms with Crippen molar-refractivity contribution in [3.8, 4) is 5.75 Å². The third-order valence-electron chi connectivity index (χ3n) is 5.73. The number of rotatable bonds is 11. The molecule has 0 aromatic heterocycles. The predicted molar refractivity (Wildman–Crippen MR) is 145 cm³/mol. The number of benzene rings is 3. The summed E-state index contributed by atoms with van der Waals surface area (Å²) < 4.78 is 5.79. The van der Waals surface area contributed by atoms with Gasteiger partial charge in [-0.05, 0) is 42.7 Å². The average Bonchev–Trinajstić information content (AvgIpc) is 2.86. The Morgan fingerprint density at radius 3 is 2.17 bits per heavy atom. The zero-order valence-electron chi connectivity index (χ0n) is 20.8. The van der Waals surface area contributed by atoms with Crippen LogP contribution in [0.15, 0.2) is 72.8 Å². The molecule has 3 aromatic carbocycles. The molecule has 0 bridgehead atoms. The molecule has 1 atom stereocenters. The molecule has 0 saturated carbocycles. The zero-order chi connectivity index (χ0) is 26.1. The van der Waals surface area contributed by atoms with E-state index in [9.17, 15) is 9.59 Å². The standard InChI is InChI=1S/C29H32Cl2N2O3/c1-20(2)17-32-29(35)27(16-22-8-5-4-6-9-22)33(18-24-25(30)10-7-11-26(24)31)28(34)19-36-23-14-12-21(3)13-15-23/h4-15,20,27H,16-19H2,1-3H3,(H,32,35)/t27-/m1/s1. The average molecular weight is 527 g/mol. The van der Waals surface area contributed by atoms with Gasteiger partial charge in [-0.3, -0.25) is 9.59 Å². The molecule has 5 nitrogen and oxygen atoms in total. The summed E-state index contributed by atoms with van der Waals surface area (Å²) in [6.07, 6.45) is 0.336. The Morgan fingerprint density at radius 1 is 0.917 bits per heavy atom. The summed E-state index contributed by atoms with van der Waals surface area (Å²) in [5.41, 5.74) is 2.61. The number of halogens is 2. The van der Waals surface area contributed by atoms with Crippen molar-refractivity contribution in [1.29, 1.82) is 0 Å². The number of nitrogens with zero attached hydrogens (tertiary/aromatic N) is 1. The number of aryl methyl sites for hydroxylation is 1. The van der Waals surface area contributed by atoms with Crippen LogP contribution in [0.2, 0.25) is 10.0 Å². The van der Waals surface area contributed by atoms with Gasteiger partial charge in [0.15, 0.2) is 6.61 Å². The van der Waals surface area contributed by atoms with Crippen LogP contribution in [0.5, 0.6) is 5.75 Å². The Labute approximate surface area is 223 Å². The Balaban J connectivity index is 1.94. The topological polar surface area (TPSA) is 58.6 Å². The van der Waals surface area contributed by atoms with E-state index in [1.165, 1.54) is 4.90 Å². The van der Waals surface area contributed by atoms with Crippen LogP contribution in [0.1, 0.15) is 30.5 Å². The minimum absolute atomic E-state index is 0.0706. The second-order valence-electron chi connectivity index (χ2n) is 9.17. The Bertz CT molecular complexity index is 1130. The van der Waals surface area contributed by atoms with E-state index in [1.54, 1.807) is 18.2 Å². The number of ether oxygens (including phenoxy) is 1. The number of carbonyl (C=O) groups excluding carboxylic acids is 2. The lowest BCUT2D eigenvalue weighted by Crippen LogP contribution is -2.52. The van der Waals surface area contributed by atoms with Crippen molar-refractivity contribution in [3.63, 3.8) is 0 Å². The van der Waals surface area contributed by atoms with Crippen molar-refractivity contribution in [2.24, 2.45) is 5.92 Å². The number of hydrogen-bond donors (Lipinski definition) is 1. The van der Waals surface area contributed by atoms with Crippen molar-refractivity contribution in [1.82, 2.24) is 10.2 Å². The maximum atomic E-state index is 13.6. The number of nitrogens with one attached hydrogen (secondary N) is 1. The molecular formula is C29H32Cl2N2O3. The third-order valence-corrected chi connectivity index (χ3v) is 6.44. The quantitative estimate of drug-likeness (QED) is 0.328. The number of hydrogen-bond acceptors (Lipinski definition) is 3. The minimum Gasteiger partial charge on any atom is -0.484 e. The van der Waals surface area contributed by atoms with Crippen molar-refractivity contribution in [2.45, 2.75) is 39.8 Å². The van der Waals surface area contributed by atoms with E-state index < -0.39 is 6.04 Å². The molecule has 0 spiro atoms. The van der Waals surface area contributed by atoms with E-state index in [1.807, 2.05) is 75.4 Å². The fourth-order valence-corrected chi connectivity index (χ4v) is 4.21. The van der Waals surface area contributed by atoms with Gasteiger partial charge in [-0.2, -0.15) is 0 Å². The third kappa shape index (κ3) is 8.00. The molecule has 36 heavy (non-hydrogen) atoms. The van der Waals surface area contributed by atoms with Crippen LogP contribution >= 0.6 is 23.2 Å². The Hall–Kier alpha value is -3.02. The molecule has 0 radical (unpaired) electrons. The lowest BCUT2D eigenvalue weighted by atomic mass is 10.0. The highest BCUT2D eigenvalue weighted by Crippen LogP contribution is 2.27. The smallest absolute Gasteiger partial charge is 0.261 e. The first-order valence-corrected chi connectivity index (χ1v) is 12.7. The predicted octanol–water partition coefficient (Wildman–Crippen LogP) is 6.09. The van der Waals surface area contributed by atoms with Crippen LogP contribution in [0.3, 0.4) is 0 Å². The molecular weight excluding hydrogens is 495 g/mol. The molecule has 0 fully saturated rings. The second-order valence-corrected chi connectivity index (χ2v) is 9.98. The van der Waals surface area contributed by atoms with Gasteiger partial charge >= 0.3 is 0 Å². The molecule has 0 aliphatic rings. The van der Waals surface area contributed by atoms with Crippen molar-refractivity contribution >= 4 is 35.0 Å². The van der Waals surface area contributed by atoms with E-state index in [0.29, 0.717) is 34.3 Å². The molecule has 0 heterocycles. The molecule has 0 aliphatic carbocycles. The molecule has 0 aliphatic heterocycles. The van der Waals surface area contributed by atoms with Gasteiger partial charge in [0.2, 0.25) is 5.91 Å². The van der Waals surface area contributed by atoms with Gasteiger partial charge in [-0.15, -0.1) is 0 Å². The normalized spacial score (nSPS) is 11.7. The fraction of sp³-hybridized carbons (Fsp3) is 0.310. The van der Waals surface area contributed by atoms with Crippen LogP contribution in [-0.2, 0) is 22.6 Å². The number of carbonyl (C=O) groups is 2. The van der Waals surface area contributed by atoms with Gasteiger partial charge in [0.05, 0.1) is 0 Å². The summed E-state index contributed by atoms with van der Waals surface area (Å²) in [5, 5.41) is 3.86. The largest absolute Gasteiger partial charge is 0.484 e. The molecule has 190 valence electrons. The van der Waals surface area contributed by atoms with Gasteiger partial charge < -0.3 is 15.0 Å². The van der Waals surface area contributed by atoms with Crippen molar-refractivity contribution in [2.75, 3.05) is 13.2 Å². The molecule has 3 rings (SSSR count). The molecule has 0 saturated heterocycles. The summed E-state index contributed by atoms with van der Waals surface area (Å²) in [7, 11) is 0. The lowest BCUT2D eigenvalue weighted by Gasteiger charge is -2.32. The summed E-state index contributed by atoms with van der Waals surface area (Å²) in [6, 6.07) is 21.5. The maximum absolute atomic E-state index is 13.6. The van der Waals surface area contributed by atoms with Gasteiger partial charge in [0.25, 0.3) is 5.91 Å². The SMILES string of the molecule is Cc1ccc(OCC(=O)N(Cc2c(Cl)cccc2Cl)[C@H](Cc2ccccc2)C(=O)NCC(C)C)cc1. The first-order chi connectivity index (χ1) is 17.2. The van der Waals surface area contributed by atoms with Crippen LogP contribution in [0.4, 0.5) is 0 Å². The van der Waals surface area contributed by atoms with E-state index >= 15 is 0 Å². The number of amides is 2. The second kappa shape index (κ2) is 13.3. The highest BCUT2D eigenvalue weighted by atomic mass is 35.5. The molecule has 3 aromatic rings. The highest BCUT2D eigenvalue weighted by molar-refractivity contribution is 6.36. The monoisotopic (exact) mass is 526 g/mol. The lowest BCUT2D eigenvalue weighted by molar-refractivity contribution is -0.142. The van der Waals surface area contributed by atoms with Gasteiger partial charge in [0.1, 0.15) is 11.8 Å². The van der Waals surface area contributed by atoms with Gasteiger partial charge in [-0.25, -0.2) is 0 Å². The summed E-state index contributed by atoms with van der Waals surface area (Å²) in [6.45, 7) is 6.37. The fourth-order valence-electron chi connectivity index (χ4n) is 3.69. The Morgan fingerprint density at radius 2 is 1.56 bits per heavy atom. The first kappa shape index (κ1) is 27.6. The van der Waals surface area contributed by atoms with Gasteiger partial charge in [0, 0.05) is 35.1 Å². The Kier molecular flexibility index (Phi) is 10.2. The summed E-state index contributed by atoms with van der Waals surface area (Å²) >= 11 is 12.9. The maximum Gasteiger partial charge on any atom is 0.261 e. The van der Waals surface area contributed by atoms with E-state index in [0.717, 1.165) is 11.1 Å². The van der Waals surface area contributed by atoms with Crippen LogP contribution in [0.25, 0.3) is 0 Å². The highest BCUT2D eigenvalue weighted by Gasteiger charge is 2.31. The van der Waals surface area contributed by atoms with Crippen LogP contribution < -0.4 is 10.1 Å². The zero-order valence-corrected chi connectivity index (χ0v) is 22.4. The molecule has 1 N–H and O–H groups in total. The minimum atomic E-state index is -0.785. The van der Waals surface area contributed by atoms with Gasteiger partial charge in [-0.1, -0.05) is 91.1 Å². The van der Waals surface area contributed by atoms with E-state index in [-0.39, 0.29) is 30.9 Å². The summed E-state index contributed by atoms with van der Waals surface area (Å²) in [5.74, 6) is 0.263. The van der Waals surface area contributed by atoms with Crippen LogP contribution in [-0.4, -0.2) is 35.9 Å². The van der Waals surface area contributed by atoms with Crippen molar-refractivity contribution in [3.05, 3.63) is 99.5 Å². The summed E-state index contributed by atoms with van der Waals surface area (Å²) in [4.78, 5) is 28.6. The van der Waals surface area contributed by atoms with Crippen molar-refractivity contribution < 1.29 is 14.3 Å².